The zero-order chi connectivity index (χ0) is 13.1. The van der Waals surface area contributed by atoms with E-state index in [1.165, 1.54) is 6.92 Å². The minimum absolute atomic E-state index is 0.185. The molecule has 18 heavy (non-hydrogen) atoms. The van der Waals surface area contributed by atoms with Crippen LogP contribution in [0.15, 0.2) is 42.5 Å². The third-order valence-electron chi connectivity index (χ3n) is 3.09. The minimum atomic E-state index is -0.730. The van der Waals surface area contributed by atoms with Crippen LogP contribution >= 0.6 is 0 Å². The summed E-state index contributed by atoms with van der Waals surface area (Å²) in [6, 6.07) is 13.9. The van der Waals surface area contributed by atoms with E-state index in [9.17, 15) is 9.59 Å². The number of primary amides is 1. The van der Waals surface area contributed by atoms with Gasteiger partial charge in [-0.15, -0.1) is 0 Å². The molecule has 0 aromatic heterocycles. The molecule has 0 aliphatic heterocycles. The standard InChI is InChI=1S/C15H15NO2/c1-10(17)14(15(16)18)9-11-6-7-12-4-2-3-5-13(12)8-11/h2-8,14H,9H2,1H3,(H2,16,18)/t14-/m1/s1. The molecule has 0 saturated carbocycles. The van der Waals surface area contributed by atoms with Crippen LogP contribution in [-0.2, 0) is 16.0 Å². The summed E-state index contributed by atoms with van der Waals surface area (Å²) in [6.07, 6.45) is 0.371. The second kappa shape index (κ2) is 5.00. The van der Waals surface area contributed by atoms with Crippen LogP contribution < -0.4 is 5.73 Å². The van der Waals surface area contributed by atoms with Gasteiger partial charge in [0.2, 0.25) is 5.91 Å². The van der Waals surface area contributed by atoms with Gasteiger partial charge in [0.05, 0.1) is 5.92 Å². The van der Waals surface area contributed by atoms with Crippen LogP contribution in [0, 0.1) is 5.92 Å². The molecule has 2 rings (SSSR count). The first kappa shape index (κ1) is 12.3. The largest absolute Gasteiger partial charge is 0.369 e. The Kier molecular flexibility index (Phi) is 3.42. The molecule has 0 aliphatic carbocycles. The maximum atomic E-state index is 11.4. The van der Waals surface area contributed by atoms with Gasteiger partial charge in [-0.3, -0.25) is 9.59 Å². The van der Waals surface area contributed by atoms with Crippen LogP contribution in [0.3, 0.4) is 0 Å². The summed E-state index contributed by atoms with van der Waals surface area (Å²) in [5.41, 5.74) is 6.19. The van der Waals surface area contributed by atoms with E-state index in [0.29, 0.717) is 6.42 Å². The number of benzene rings is 2. The molecular formula is C15H15NO2. The summed E-state index contributed by atoms with van der Waals surface area (Å²) in [4.78, 5) is 22.6. The molecule has 0 spiro atoms. The van der Waals surface area contributed by atoms with Crippen LogP contribution in [0.1, 0.15) is 12.5 Å². The fourth-order valence-corrected chi connectivity index (χ4v) is 2.05. The molecule has 2 N–H and O–H groups in total. The van der Waals surface area contributed by atoms with Crippen molar-refractivity contribution in [2.45, 2.75) is 13.3 Å². The van der Waals surface area contributed by atoms with Crippen molar-refractivity contribution in [1.29, 1.82) is 0 Å². The van der Waals surface area contributed by atoms with E-state index in [1.807, 2.05) is 42.5 Å². The smallest absolute Gasteiger partial charge is 0.228 e. The second-order valence-corrected chi connectivity index (χ2v) is 4.45. The fourth-order valence-electron chi connectivity index (χ4n) is 2.05. The van der Waals surface area contributed by atoms with Gasteiger partial charge >= 0.3 is 0 Å². The molecule has 0 bridgehead atoms. The zero-order valence-corrected chi connectivity index (χ0v) is 10.2. The molecule has 0 radical (unpaired) electrons. The molecule has 0 saturated heterocycles. The molecule has 1 atom stereocenters. The van der Waals surface area contributed by atoms with Gasteiger partial charge in [-0.2, -0.15) is 0 Å². The number of ketones is 1. The average Bonchev–Trinajstić information content (AvgIpc) is 2.35. The summed E-state index contributed by atoms with van der Waals surface area (Å²) >= 11 is 0. The monoisotopic (exact) mass is 241 g/mol. The van der Waals surface area contributed by atoms with Crippen molar-refractivity contribution in [2.75, 3.05) is 0 Å². The van der Waals surface area contributed by atoms with E-state index in [0.717, 1.165) is 16.3 Å². The molecule has 0 heterocycles. The maximum Gasteiger partial charge on any atom is 0.228 e. The molecule has 0 fully saturated rings. The highest BCUT2D eigenvalue weighted by Gasteiger charge is 2.20. The van der Waals surface area contributed by atoms with Crippen LogP contribution in [0.4, 0.5) is 0 Å². The number of carbonyl (C=O) groups excluding carboxylic acids is 2. The predicted octanol–water partition coefficient (Wildman–Crippen LogP) is 2.07. The first-order valence-corrected chi connectivity index (χ1v) is 5.85. The van der Waals surface area contributed by atoms with E-state index in [4.69, 9.17) is 5.73 Å². The lowest BCUT2D eigenvalue weighted by atomic mass is 9.94. The van der Waals surface area contributed by atoms with Gasteiger partial charge in [-0.25, -0.2) is 0 Å². The van der Waals surface area contributed by atoms with E-state index in [1.54, 1.807) is 0 Å². The Hall–Kier alpha value is -2.16. The van der Waals surface area contributed by atoms with Gasteiger partial charge in [-0.1, -0.05) is 42.5 Å². The summed E-state index contributed by atoms with van der Waals surface area (Å²) < 4.78 is 0. The van der Waals surface area contributed by atoms with Gasteiger partial charge in [-0.05, 0) is 29.7 Å². The maximum absolute atomic E-state index is 11.4. The number of nitrogens with two attached hydrogens (primary N) is 1. The Balaban J connectivity index is 2.31. The molecule has 0 aliphatic rings. The molecule has 1 amide bonds. The van der Waals surface area contributed by atoms with Gasteiger partial charge < -0.3 is 5.73 Å². The summed E-state index contributed by atoms with van der Waals surface area (Å²) in [6.45, 7) is 1.40. The van der Waals surface area contributed by atoms with Crippen molar-refractivity contribution in [3.63, 3.8) is 0 Å². The van der Waals surface area contributed by atoms with Crippen LogP contribution in [0.2, 0.25) is 0 Å². The molecule has 2 aromatic rings. The molecule has 0 unspecified atom stereocenters. The number of hydrogen-bond donors (Lipinski definition) is 1. The minimum Gasteiger partial charge on any atom is -0.369 e. The lowest BCUT2D eigenvalue weighted by Crippen LogP contribution is -2.30. The highest BCUT2D eigenvalue weighted by atomic mass is 16.2. The van der Waals surface area contributed by atoms with Crippen molar-refractivity contribution in [3.05, 3.63) is 48.0 Å². The fraction of sp³-hybridized carbons (Fsp3) is 0.200. The highest BCUT2D eigenvalue weighted by Crippen LogP contribution is 2.18. The second-order valence-electron chi connectivity index (χ2n) is 4.45. The molecule has 2 aromatic carbocycles. The first-order valence-electron chi connectivity index (χ1n) is 5.85. The Morgan fingerprint density at radius 3 is 2.39 bits per heavy atom. The topological polar surface area (TPSA) is 60.2 Å². The van der Waals surface area contributed by atoms with Gasteiger partial charge in [0.15, 0.2) is 0 Å². The van der Waals surface area contributed by atoms with Crippen LogP contribution in [-0.4, -0.2) is 11.7 Å². The average molecular weight is 241 g/mol. The number of amides is 1. The number of Topliss-reactive ketones (excluding diaryl/α,β-unsaturated/α-hetero) is 1. The third-order valence-corrected chi connectivity index (χ3v) is 3.09. The Bertz CT molecular complexity index is 590. The van der Waals surface area contributed by atoms with Crippen molar-refractivity contribution < 1.29 is 9.59 Å². The van der Waals surface area contributed by atoms with E-state index in [2.05, 4.69) is 0 Å². The van der Waals surface area contributed by atoms with Crippen molar-refractivity contribution in [1.82, 2.24) is 0 Å². The quantitative estimate of drug-likeness (QED) is 0.833. The Morgan fingerprint density at radius 2 is 1.78 bits per heavy atom. The normalized spacial score (nSPS) is 12.3. The lowest BCUT2D eigenvalue weighted by Gasteiger charge is -2.10. The molecular weight excluding hydrogens is 226 g/mol. The van der Waals surface area contributed by atoms with Gasteiger partial charge in [0.1, 0.15) is 5.78 Å². The lowest BCUT2D eigenvalue weighted by molar-refractivity contribution is -0.130. The van der Waals surface area contributed by atoms with Crippen molar-refractivity contribution >= 4 is 22.5 Å². The molecule has 92 valence electrons. The zero-order valence-electron chi connectivity index (χ0n) is 10.2. The number of hydrogen-bond acceptors (Lipinski definition) is 2. The van der Waals surface area contributed by atoms with E-state index >= 15 is 0 Å². The predicted molar refractivity (Wildman–Crippen MR) is 71.0 cm³/mol. The van der Waals surface area contributed by atoms with Gasteiger partial charge in [0, 0.05) is 0 Å². The van der Waals surface area contributed by atoms with Crippen LogP contribution in [0.25, 0.3) is 10.8 Å². The van der Waals surface area contributed by atoms with Crippen molar-refractivity contribution in [3.8, 4) is 0 Å². The third kappa shape index (κ3) is 2.56. The summed E-state index contributed by atoms with van der Waals surface area (Å²) in [5, 5.41) is 2.24. The Morgan fingerprint density at radius 1 is 1.11 bits per heavy atom. The van der Waals surface area contributed by atoms with Crippen molar-refractivity contribution in [2.24, 2.45) is 11.7 Å². The van der Waals surface area contributed by atoms with E-state index in [-0.39, 0.29) is 5.78 Å². The number of rotatable bonds is 4. The molecule has 3 heteroatoms. The first-order chi connectivity index (χ1) is 8.58. The SMILES string of the molecule is CC(=O)[C@@H](Cc1ccc2ccccc2c1)C(N)=O. The molecule has 3 nitrogen and oxygen atoms in total. The van der Waals surface area contributed by atoms with E-state index < -0.39 is 11.8 Å². The summed E-state index contributed by atoms with van der Waals surface area (Å²) in [7, 11) is 0. The number of fused-ring (bicyclic) bond motifs is 1. The summed E-state index contributed by atoms with van der Waals surface area (Å²) in [5.74, 6) is -1.47. The Labute approximate surface area is 106 Å². The van der Waals surface area contributed by atoms with Crippen LogP contribution in [0.5, 0.6) is 0 Å². The highest BCUT2D eigenvalue weighted by molar-refractivity contribution is 5.99. The number of carbonyl (C=O) groups is 2. The van der Waals surface area contributed by atoms with Gasteiger partial charge in [0.25, 0.3) is 0 Å².